The predicted octanol–water partition coefficient (Wildman–Crippen LogP) is 1.81. The van der Waals surface area contributed by atoms with E-state index in [1.165, 1.54) is 6.20 Å². The molecule has 0 spiro atoms. The minimum atomic E-state index is -0.486. The van der Waals surface area contributed by atoms with E-state index in [4.69, 9.17) is 21.7 Å². The van der Waals surface area contributed by atoms with Gasteiger partial charge in [0.2, 0.25) is 0 Å². The lowest BCUT2D eigenvalue weighted by atomic mass is 10.1. The molecule has 7 heteroatoms. The molecule has 0 saturated heterocycles. The lowest BCUT2D eigenvalue weighted by Crippen LogP contribution is -2.13. The van der Waals surface area contributed by atoms with Crippen LogP contribution in [0.5, 0.6) is 0 Å². The molecule has 6 nitrogen and oxygen atoms in total. The van der Waals surface area contributed by atoms with E-state index < -0.39 is 5.97 Å². The number of aromatic amines is 1. The summed E-state index contributed by atoms with van der Waals surface area (Å²) in [6, 6.07) is 0. The quantitative estimate of drug-likeness (QED) is 0.634. The molecule has 0 bridgehead atoms. The number of carbonyl (C=O) groups excluding carboxylic acids is 2. The Morgan fingerprint density at radius 1 is 1.32 bits per heavy atom. The average molecular weight is 284 g/mol. The Morgan fingerprint density at radius 2 is 2.00 bits per heavy atom. The molecule has 0 atom stereocenters. The highest BCUT2D eigenvalue weighted by Crippen LogP contribution is 2.09. The molecule has 0 amide bonds. The van der Waals surface area contributed by atoms with Gasteiger partial charge in [-0.15, -0.1) is 0 Å². The number of aromatic nitrogens is 2. The summed E-state index contributed by atoms with van der Waals surface area (Å²) in [5, 5.41) is 0. The first-order valence-electron chi connectivity index (χ1n) is 5.99. The molecule has 1 heterocycles. The Hall–Kier alpha value is -1.76. The molecule has 0 fully saturated rings. The van der Waals surface area contributed by atoms with Gasteiger partial charge in [-0.25, -0.2) is 9.78 Å². The molecule has 0 saturated carbocycles. The van der Waals surface area contributed by atoms with Crippen molar-refractivity contribution in [3.8, 4) is 0 Å². The molecule has 0 aliphatic rings. The summed E-state index contributed by atoms with van der Waals surface area (Å²) in [5.41, 5.74) is 0.825. The van der Waals surface area contributed by atoms with Crippen LogP contribution >= 0.6 is 12.2 Å². The molecule has 1 rings (SSSR count). The highest BCUT2D eigenvalue weighted by molar-refractivity contribution is 7.71. The van der Waals surface area contributed by atoms with Crippen LogP contribution in [0, 0.1) is 4.77 Å². The number of nitrogens with zero attached hydrogens (tertiary/aromatic N) is 1. The Bertz CT molecular complexity index is 513. The lowest BCUT2D eigenvalue weighted by molar-refractivity contribution is -0.143. The van der Waals surface area contributed by atoms with Gasteiger partial charge in [-0.05, 0) is 32.5 Å². The van der Waals surface area contributed by atoms with Crippen molar-refractivity contribution >= 4 is 24.2 Å². The first-order valence-corrected chi connectivity index (χ1v) is 6.40. The number of nitrogens with one attached hydrogen (secondary N) is 1. The Morgan fingerprint density at radius 3 is 2.63 bits per heavy atom. The van der Waals surface area contributed by atoms with E-state index in [1.807, 2.05) is 0 Å². The molecule has 1 N–H and O–H groups in total. The normalized spacial score (nSPS) is 10.0. The monoisotopic (exact) mass is 284 g/mol. The van der Waals surface area contributed by atoms with Gasteiger partial charge in [0.25, 0.3) is 0 Å². The van der Waals surface area contributed by atoms with Gasteiger partial charge in [-0.1, -0.05) is 0 Å². The number of hydrogen-bond acceptors (Lipinski definition) is 6. The second-order valence-corrected chi connectivity index (χ2v) is 3.99. The van der Waals surface area contributed by atoms with Gasteiger partial charge in [0.05, 0.1) is 25.2 Å². The maximum absolute atomic E-state index is 11.7. The summed E-state index contributed by atoms with van der Waals surface area (Å²) >= 11 is 4.91. The number of aryl methyl sites for hydroxylation is 1. The molecule has 1 aromatic heterocycles. The van der Waals surface area contributed by atoms with E-state index in [-0.39, 0.29) is 23.8 Å². The largest absolute Gasteiger partial charge is 0.466 e. The van der Waals surface area contributed by atoms with E-state index in [9.17, 15) is 9.59 Å². The molecule has 0 unspecified atom stereocenters. The van der Waals surface area contributed by atoms with Crippen molar-refractivity contribution in [3.05, 3.63) is 22.2 Å². The zero-order valence-electron chi connectivity index (χ0n) is 10.9. The van der Waals surface area contributed by atoms with Gasteiger partial charge in [-0.3, -0.25) is 4.79 Å². The zero-order chi connectivity index (χ0) is 14.3. The summed E-state index contributed by atoms with van der Waals surface area (Å²) in [6.45, 7) is 4.05. The molecule has 1 aromatic rings. The van der Waals surface area contributed by atoms with Gasteiger partial charge >= 0.3 is 11.9 Å². The minimum absolute atomic E-state index is 0.162. The highest BCUT2D eigenvalue weighted by Gasteiger charge is 2.15. The van der Waals surface area contributed by atoms with Crippen LogP contribution in [0.25, 0.3) is 0 Å². The number of H-pyrrole nitrogens is 1. The lowest BCUT2D eigenvalue weighted by Gasteiger charge is -2.08. The first-order chi connectivity index (χ1) is 9.08. The summed E-state index contributed by atoms with van der Waals surface area (Å²) in [4.78, 5) is 29.7. The fourth-order valence-corrected chi connectivity index (χ4v) is 1.65. The maximum atomic E-state index is 11.7. The van der Waals surface area contributed by atoms with Crippen molar-refractivity contribution in [2.45, 2.75) is 26.7 Å². The maximum Gasteiger partial charge on any atom is 0.341 e. The second kappa shape index (κ2) is 7.63. The average Bonchev–Trinajstić information content (AvgIpc) is 2.37. The summed E-state index contributed by atoms with van der Waals surface area (Å²) < 4.78 is 10.0. The number of carbonyl (C=O) groups is 2. The van der Waals surface area contributed by atoms with Crippen LogP contribution in [0.2, 0.25) is 0 Å². The summed E-state index contributed by atoms with van der Waals surface area (Å²) in [6.07, 6.45) is 1.84. The third-order valence-electron chi connectivity index (χ3n) is 2.27. The molecule has 0 aliphatic carbocycles. The van der Waals surface area contributed by atoms with Crippen LogP contribution in [0.3, 0.4) is 0 Å². The molecule has 0 radical (unpaired) electrons. The number of rotatable bonds is 6. The van der Waals surface area contributed by atoms with Crippen molar-refractivity contribution in [3.63, 3.8) is 0 Å². The van der Waals surface area contributed by atoms with Gasteiger partial charge in [0.15, 0.2) is 4.77 Å². The van der Waals surface area contributed by atoms with Gasteiger partial charge < -0.3 is 14.5 Å². The van der Waals surface area contributed by atoms with Crippen LogP contribution in [0.15, 0.2) is 6.20 Å². The number of ether oxygens (including phenoxy) is 2. The first kappa shape index (κ1) is 15.3. The van der Waals surface area contributed by atoms with Crippen LogP contribution in [-0.4, -0.2) is 35.1 Å². The van der Waals surface area contributed by atoms with Crippen LogP contribution in [0.4, 0.5) is 0 Å². The third-order valence-corrected chi connectivity index (χ3v) is 2.48. The molecule has 104 valence electrons. The topological polar surface area (TPSA) is 81.3 Å². The van der Waals surface area contributed by atoms with Gasteiger partial charge in [0, 0.05) is 11.9 Å². The number of esters is 2. The fraction of sp³-hybridized carbons (Fsp3) is 0.500. The SMILES string of the molecule is CCOC(=O)CCc1[nH]c(=S)ncc1C(=O)OCC. The van der Waals surface area contributed by atoms with Crippen molar-refractivity contribution in [1.82, 2.24) is 9.97 Å². The molecule has 0 aromatic carbocycles. The molecular weight excluding hydrogens is 268 g/mol. The second-order valence-electron chi connectivity index (χ2n) is 3.61. The van der Waals surface area contributed by atoms with E-state index in [1.54, 1.807) is 13.8 Å². The number of hydrogen-bond donors (Lipinski definition) is 1. The molecule has 0 aliphatic heterocycles. The van der Waals surface area contributed by atoms with Crippen molar-refractivity contribution < 1.29 is 19.1 Å². The van der Waals surface area contributed by atoms with Crippen molar-refractivity contribution in [1.29, 1.82) is 0 Å². The van der Waals surface area contributed by atoms with E-state index in [0.29, 0.717) is 24.3 Å². The van der Waals surface area contributed by atoms with Crippen molar-refractivity contribution in [2.24, 2.45) is 0 Å². The Labute approximate surface area is 116 Å². The summed E-state index contributed by atoms with van der Waals surface area (Å²) in [5.74, 6) is -0.812. The van der Waals surface area contributed by atoms with Crippen LogP contribution < -0.4 is 0 Å². The van der Waals surface area contributed by atoms with Gasteiger partial charge in [0.1, 0.15) is 0 Å². The highest BCUT2D eigenvalue weighted by atomic mass is 32.1. The Balaban J connectivity index is 2.85. The van der Waals surface area contributed by atoms with Crippen LogP contribution in [-0.2, 0) is 20.7 Å². The van der Waals surface area contributed by atoms with Gasteiger partial charge in [-0.2, -0.15) is 0 Å². The minimum Gasteiger partial charge on any atom is -0.466 e. The van der Waals surface area contributed by atoms with Crippen LogP contribution in [0.1, 0.15) is 36.3 Å². The third kappa shape index (κ3) is 4.78. The Kier molecular flexibility index (Phi) is 6.14. The standard InChI is InChI=1S/C12H16N2O4S/c1-3-17-10(15)6-5-9-8(11(16)18-4-2)7-13-12(19)14-9/h7H,3-6H2,1-2H3,(H,13,14,19). The van der Waals surface area contributed by atoms with E-state index in [2.05, 4.69) is 9.97 Å². The van der Waals surface area contributed by atoms with E-state index >= 15 is 0 Å². The smallest absolute Gasteiger partial charge is 0.341 e. The molecule has 19 heavy (non-hydrogen) atoms. The fourth-order valence-electron chi connectivity index (χ4n) is 1.47. The van der Waals surface area contributed by atoms with Crippen molar-refractivity contribution in [2.75, 3.05) is 13.2 Å². The van der Waals surface area contributed by atoms with E-state index in [0.717, 1.165) is 0 Å². The zero-order valence-corrected chi connectivity index (χ0v) is 11.7. The predicted molar refractivity (Wildman–Crippen MR) is 70.3 cm³/mol. The molecular formula is C12H16N2O4S. The summed E-state index contributed by atoms with van der Waals surface area (Å²) in [7, 11) is 0.